The largest absolute Gasteiger partial charge is 0.387 e. The summed E-state index contributed by atoms with van der Waals surface area (Å²) in [6.07, 6.45) is -0.421. The van der Waals surface area contributed by atoms with Gasteiger partial charge in [0.15, 0.2) is 0 Å². The number of hydrogen-bond donors (Lipinski definition) is 1. The van der Waals surface area contributed by atoms with Gasteiger partial charge in [-0.25, -0.2) is 9.67 Å². The highest BCUT2D eigenvalue weighted by Gasteiger charge is 2.31. The van der Waals surface area contributed by atoms with Crippen molar-refractivity contribution < 1.29 is 5.11 Å². The van der Waals surface area contributed by atoms with Crippen LogP contribution in [0, 0.1) is 13.8 Å². The molecule has 2 aromatic rings. The lowest BCUT2D eigenvalue weighted by molar-refractivity contribution is 0.0392. The summed E-state index contributed by atoms with van der Waals surface area (Å²) in [5, 5.41) is 14.6. The number of likely N-dealkylation sites (tertiary alicyclic amines) is 1. The van der Waals surface area contributed by atoms with Crippen LogP contribution >= 0.6 is 0 Å². The van der Waals surface area contributed by atoms with Crippen molar-refractivity contribution in [1.82, 2.24) is 19.7 Å². The minimum atomic E-state index is -0.421. The lowest BCUT2D eigenvalue weighted by atomic mass is 10.0. The monoisotopic (exact) mass is 272 g/mol. The lowest BCUT2D eigenvalue weighted by Gasteiger charge is -2.40. The van der Waals surface area contributed by atoms with Crippen molar-refractivity contribution in [2.75, 3.05) is 19.6 Å². The average molecular weight is 272 g/mol. The van der Waals surface area contributed by atoms with Gasteiger partial charge in [0, 0.05) is 19.6 Å². The molecule has 1 aromatic carbocycles. The van der Waals surface area contributed by atoms with Gasteiger partial charge < -0.3 is 5.11 Å². The molecule has 0 saturated carbocycles. The maximum Gasteiger partial charge on any atom is 0.147 e. The smallest absolute Gasteiger partial charge is 0.147 e. The first-order valence-electron chi connectivity index (χ1n) is 6.98. The van der Waals surface area contributed by atoms with Crippen LogP contribution in [0.5, 0.6) is 0 Å². The molecule has 1 aliphatic heterocycles. The number of aliphatic hydroxyl groups is 1. The summed E-state index contributed by atoms with van der Waals surface area (Å²) in [5.74, 6) is 1.79. The molecule has 0 spiro atoms. The standard InChI is InChI=1S/C15H20N4O/c1-11-16-12(2)19(17-11)14-8-18(9-14)10-15(20)13-6-4-3-5-7-13/h3-7,14-15,20H,8-10H2,1-2H3/t15-/m0/s1. The van der Waals surface area contributed by atoms with E-state index in [1.54, 1.807) is 0 Å². The molecule has 0 aliphatic carbocycles. The highest BCUT2D eigenvalue weighted by molar-refractivity contribution is 5.17. The van der Waals surface area contributed by atoms with Crippen LogP contribution in [0.2, 0.25) is 0 Å². The highest BCUT2D eigenvalue weighted by atomic mass is 16.3. The van der Waals surface area contributed by atoms with E-state index in [2.05, 4.69) is 15.0 Å². The Kier molecular flexibility index (Phi) is 3.54. The number of rotatable bonds is 4. The Hall–Kier alpha value is -1.72. The average Bonchev–Trinajstić information content (AvgIpc) is 2.73. The molecule has 5 nitrogen and oxygen atoms in total. The Morgan fingerprint density at radius 1 is 1.25 bits per heavy atom. The molecule has 0 radical (unpaired) electrons. The molecule has 0 amide bonds. The van der Waals surface area contributed by atoms with E-state index in [4.69, 9.17) is 0 Å². The minimum absolute atomic E-state index is 0.388. The van der Waals surface area contributed by atoms with Gasteiger partial charge >= 0.3 is 0 Å². The molecule has 2 heterocycles. The predicted octanol–water partition coefficient (Wildman–Crippen LogP) is 1.49. The van der Waals surface area contributed by atoms with Crippen molar-refractivity contribution in [2.24, 2.45) is 0 Å². The molecule has 1 N–H and O–H groups in total. The Labute approximate surface area is 118 Å². The lowest BCUT2D eigenvalue weighted by Crippen LogP contribution is -2.49. The molecule has 1 atom stereocenters. The molecule has 20 heavy (non-hydrogen) atoms. The molecule has 3 rings (SSSR count). The van der Waals surface area contributed by atoms with E-state index in [0.717, 1.165) is 30.3 Å². The number of aryl methyl sites for hydroxylation is 2. The van der Waals surface area contributed by atoms with Crippen LogP contribution in [0.15, 0.2) is 30.3 Å². The van der Waals surface area contributed by atoms with Crippen molar-refractivity contribution >= 4 is 0 Å². The zero-order chi connectivity index (χ0) is 14.1. The van der Waals surface area contributed by atoms with E-state index < -0.39 is 6.10 Å². The molecule has 0 bridgehead atoms. The van der Waals surface area contributed by atoms with Crippen LogP contribution in [0.25, 0.3) is 0 Å². The number of β-amino-alcohol motifs (C(OH)–C–C–N with tert-alkyl or cyclic N) is 1. The van der Waals surface area contributed by atoms with Crippen molar-refractivity contribution in [2.45, 2.75) is 26.0 Å². The summed E-state index contributed by atoms with van der Waals surface area (Å²) in [6.45, 7) is 6.43. The first kappa shape index (κ1) is 13.3. The molecule has 0 unspecified atom stereocenters. The first-order valence-corrected chi connectivity index (χ1v) is 6.98. The molecular formula is C15H20N4O. The topological polar surface area (TPSA) is 54.2 Å². The molecule has 1 fully saturated rings. The third-order valence-corrected chi connectivity index (χ3v) is 3.81. The second-order valence-electron chi connectivity index (χ2n) is 5.45. The van der Waals surface area contributed by atoms with Gasteiger partial charge in [-0.2, -0.15) is 5.10 Å². The molecule has 1 aliphatic rings. The Balaban J connectivity index is 1.55. The summed E-state index contributed by atoms with van der Waals surface area (Å²) < 4.78 is 2.00. The van der Waals surface area contributed by atoms with Crippen molar-refractivity contribution in [3.63, 3.8) is 0 Å². The summed E-state index contributed by atoms with van der Waals surface area (Å²) in [5.41, 5.74) is 0.976. The van der Waals surface area contributed by atoms with E-state index in [0.29, 0.717) is 12.6 Å². The Morgan fingerprint density at radius 2 is 1.95 bits per heavy atom. The number of hydrogen-bond acceptors (Lipinski definition) is 4. The SMILES string of the molecule is Cc1nc(C)n(C2CN(C[C@H](O)c3ccccc3)C2)n1. The van der Waals surface area contributed by atoms with Crippen LogP contribution in [0.1, 0.15) is 29.4 Å². The fraction of sp³-hybridized carbons (Fsp3) is 0.467. The molecule has 106 valence electrons. The third kappa shape index (κ3) is 2.59. The zero-order valence-corrected chi connectivity index (χ0v) is 11.9. The summed E-state index contributed by atoms with van der Waals surface area (Å²) in [6, 6.07) is 10.2. The molecular weight excluding hydrogens is 252 g/mol. The number of nitrogens with zero attached hydrogens (tertiary/aromatic N) is 4. The van der Waals surface area contributed by atoms with Gasteiger partial charge in [-0.3, -0.25) is 4.90 Å². The van der Waals surface area contributed by atoms with Crippen molar-refractivity contribution in [1.29, 1.82) is 0 Å². The summed E-state index contributed by atoms with van der Waals surface area (Å²) in [4.78, 5) is 6.58. The molecule has 1 aromatic heterocycles. The second kappa shape index (κ2) is 5.34. The van der Waals surface area contributed by atoms with Crippen molar-refractivity contribution in [3.05, 3.63) is 47.5 Å². The van der Waals surface area contributed by atoms with Gasteiger partial charge in [0.1, 0.15) is 11.6 Å². The van der Waals surface area contributed by atoms with Crippen LogP contribution in [-0.4, -0.2) is 44.4 Å². The van der Waals surface area contributed by atoms with Crippen LogP contribution in [0.3, 0.4) is 0 Å². The highest BCUT2D eigenvalue weighted by Crippen LogP contribution is 2.24. The van der Waals surface area contributed by atoms with Gasteiger partial charge in [-0.05, 0) is 19.4 Å². The number of aliphatic hydroxyl groups excluding tert-OH is 1. The van der Waals surface area contributed by atoms with E-state index in [9.17, 15) is 5.11 Å². The van der Waals surface area contributed by atoms with Crippen LogP contribution in [0.4, 0.5) is 0 Å². The number of aromatic nitrogens is 3. The fourth-order valence-electron chi connectivity index (χ4n) is 2.75. The van der Waals surface area contributed by atoms with E-state index in [-0.39, 0.29) is 0 Å². The van der Waals surface area contributed by atoms with Gasteiger partial charge in [-0.1, -0.05) is 30.3 Å². The van der Waals surface area contributed by atoms with E-state index in [1.165, 1.54) is 0 Å². The van der Waals surface area contributed by atoms with Crippen LogP contribution in [-0.2, 0) is 0 Å². The normalized spacial score (nSPS) is 17.9. The van der Waals surface area contributed by atoms with Crippen molar-refractivity contribution in [3.8, 4) is 0 Å². The maximum absolute atomic E-state index is 10.2. The summed E-state index contributed by atoms with van der Waals surface area (Å²) >= 11 is 0. The second-order valence-corrected chi connectivity index (χ2v) is 5.45. The van der Waals surface area contributed by atoms with Gasteiger partial charge in [0.05, 0.1) is 12.1 Å². The minimum Gasteiger partial charge on any atom is -0.387 e. The van der Waals surface area contributed by atoms with Gasteiger partial charge in [-0.15, -0.1) is 0 Å². The van der Waals surface area contributed by atoms with Gasteiger partial charge in [0.2, 0.25) is 0 Å². The fourth-order valence-corrected chi connectivity index (χ4v) is 2.75. The molecule has 1 saturated heterocycles. The first-order chi connectivity index (χ1) is 9.63. The third-order valence-electron chi connectivity index (χ3n) is 3.81. The maximum atomic E-state index is 10.2. The van der Waals surface area contributed by atoms with E-state index >= 15 is 0 Å². The molecule has 5 heteroatoms. The van der Waals surface area contributed by atoms with Gasteiger partial charge in [0.25, 0.3) is 0 Å². The summed E-state index contributed by atoms with van der Waals surface area (Å²) in [7, 11) is 0. The predicted molar refractivity (Wildman–Crippen MR) is 76.4 cm³/mol. The van der Waals surface area contributed by atoms with E-state index in [1.807, 2.05) is 48.9 Å². The Bertz CT molecular complexity index is 575. The number of benzene rings is 1. The Morgan fingerprint density at radius 3 is 2.55 bits per heavy atom. The zero-order valence-electron chi connectivity index (χ0n) is 11.9. The quantitative estimate of drug-likeness (QED) is 0.916. The van der Waals surface area contributed by atoms with Crippen LogP contribution < -0.4 is 0 Å².